The van der Waals surface area contributed by atoms with E-state index in [1.807, 2.05) is 12.0 Å². The average Bonchev–Trinajstić information content (AvgIpc) is 3.58. The number of amides is 1. The number of hydrogen-bond acceptors (Lipinski definition) is 8. The van der Waals surface area contributed by atoms with Gasteiger partial charge in [-0.2, -0.15) is 0 Å². The van der Waals surface area contributed by atoms with E-state index in [4.69, 9.17) is 14.2 Å². The molecule has 5 aromatic rings. The topological polar surface area (TPSA) is 88.6 Å². The molecule has 4 aliphatic rings. The zero-order chi connectivity index (χ0) is 44.6. The van der Waals surface area contributed by atoms with E-state index in [-0.39, 0.29) is 43.0 Å². The van der Waals surface area contributed by atoms with Gasteiger partial charge in [0.2, 0.25) is 5.91 Å². The molecule has 0 bridgehead atoms. The Balaban J connectivity index is 0.992. The SMILES string of the molecule is C=C(C)C(=O)OCCOC(=O)CCC(=O)N1CCN(c2ccc(C3(c4ccccc4)C=Cc4c5c(c6cc(N7CCCCC7)c(OC)cc6c4C3)-c3ccccc3C5(C)C)cc2)CC1. The number of ether oxygens (including phenoxy) is 3. The van der Waals surface area contributed by atoms with Gasteiger partial charge in [0.15, 0.2) is 0 Å². The first-order valence-corrected chi connectivity index (χ1v) is 22.9. The van der Waals surface area contributed by atoms with Crippen molar-refractivity contribution in [3.63, 3.8) is 0 Å². The third-order valence-electron chi connectivity index (χ3n) is 14.1. The molecule has 0 radical (unpaired) electrons. The third kappa shape index (κ3) is 7.83. The molecule has 1 amide bonds. The highest BCUT2D eigenvalue weighted by atomic mass is 16.6. The van der Waals surface area contributed by atoms with Gasteiger partial charge < -0.3 is 28.9 Å². The van der Waals surface area contributed by atoms with Crippen molar-refractivity contribution in [3.8, 4) is 16.9 Å². The van der Waals surface area contributed by atoms with Crippen LogP contribution in [0.3, 0.4) is 0 Å². The molecule has 2 aliphatic heterocycles. The Morgan fingerprint density at radius 1 is 0.734 bits per heavy atom. The highest BCUT2D eigenvalue weighted by molar-refractivity contribution is 6.09. The summed E-state index contributed by atoms with van der Waals surface area (Å²) in [6.07, 6.45) is 9.39. The Morgan fingerprint density at radius 3 is 2.14 bits per heavy atom. The Bertz CT molecular complexity index is 2640. The van der Waals surface area contributed by atoms with Gasteiger partial charge in [0.25, 0.3) is 0 Å². The maximum atomic E-state index is 13.1. The van der Waals surface area contributed by atoms with E-state index in [2.05, 4.69) is 133 Å². The van der Waals surface area contributed by atoms with Crippen LogP contribution in [0.2, 0.25) is 0 Å². The van der Waals surface area contributed by atoms with Crippen LogP contribution in [0.5, 0.6) is 5.75 Å². The van der Waals surface area contributed by atoms with Crippen molar-refractivity contribution >= 4 is 46.1 Å². The van der Waals surface area contributed by atoms with Crippen molar-refractivity contribution in [1.29, 1.82) is 0 Å². The summed E-state index contributed by atoms with van der Waals surface area (Å²) in [5, 5.41) is 2.56. The Labute approximate surface area is 377 Å². The average molecular weight is 858 g/mol. The number of piperidine rings is 1. The lowest BCUT2D eigenvalue weighted by atomic mass is 9.65. The Hall–Kier alpha value is -6.35. The van der Waals surface area contributed by atoms with E-state index in [0.717, 1.165) is 30.9 Å². The number of carbonyl (C=O) groups excluding carboxylic acids is 3. The minimum atomic E-state index is -0.527. The standard InChI is InChI=1S/C55H59N3O6/c1-37(2)53(61)64-33-32-63-50(60)23-22-49(59)58-30-28-56(29-31-58)40-20-18-39(19-21-40)55(38-14-8-6-9-15-38)25-24-41-45(36-55)43-35-48(62-5)47(57-26-12-7-13-27-57)34-44(43)51-42-16-10-11-17-46(42)54(3,4)52(41)51/h6,8-11,14-21,24-25,34-35H,1,7,12-13,22-23,26-33,36H2,2-5H3. The second-order valence-corrected chi connectivity index (χ2v) is 18.3. The largest absolute Gasteiger partial charge is 0.495 e. The molecule has 330 valence electrons. The molecule has 5 aromatic carbocycles. The summed E-state index contributed by atoms with van der Waals surface area (Å²) >= 11 is 0. The minimum Gasteiger partial charge on any atom is -0.495 e. The highest BCUT2D eigenvalue weighted by Crippen LogP contribution is 2.57. The minimum absolute atomic E-state index is 0.0199. The quantitative estimate of drug-likeness (QED) is 0.0697. The van der Waals surface area contributed by atoms with Crippen molar-refractivity contribution in [3.05, 3.63) is 143 Å². The molecule has 2 fully saturated rings. The van der Waals surface area contributed by atoms with Gasteiger partial charge >= 0.3 is 11.9 Å². The van der Waals surface area contributed by atoms with E-state index in [9.17, 15) is 14.4 Å². The molecule has 2 heterocycles. The van der Waals surface area contributed by atoms with E-state index >= 15 is 0 Å². The summed E-state index contributed by atoms with van der Waals surface area (Å²) in [6.45, 7) is 14.4. The van der Waals surface area contributed by atoms with E-state index < -0.39 is 17.4 Å². The number of methoxy groups -OCH3 is 1. The normalized spacial score (nSPS) is 18.5. The van der Waals surface area contributed by atoms with Gasteiger partial charge in [-0.3, -0.25) is 9.59 Å². The number of piperazine rings is 1. The number of nitrogens with zero attached hydrogens (tertiary/aromatic N) is 3. The lowest BCUT2D eigenvalue weighted by Crippen LogP contribution is -2.48. The number of esters is 2. The van der Waals surface area contributed by atoms with Crippen LogP contribution in [0.4, 0.5) is 11.4 Å². The van der Waals surface area contributed by atoms with Gasteiger partial charge in [-0.1, -0.05) is 99.3 Å². The maximum Gasteiger partial charge on any atom is 0.333 e. The molecule has 64 heavy (non-hydrogen) atoms. The zero-order valence-electron chi connectivity index (χ0n) is 37.7. The van der Waals surface area contributed by atoms with E-state index in [1.165, 1.54) is 80.2 Å². The van der Waals surface area contributed by atoms with Gasteiger partial charge in [-0.25, -0.2) is 4.79 Å². The molecule has 2 aliphatic carbocycles. The zero-order valence-corrected chi connectivity index (χ0v) is 37.7. The molecule has 2 saturated heterocycles. The van der Waals surface area contributed by atoms with Gasteiger partial charge in [0.05, 0.1) is 19.2 Å². The summed E-state index contributed by atoms with van der Waals surface area (Å²) < 4.78 is 16.4. The van der Waals surface area contributed by atoms with Gasteiger partial charge in [-0.05, 0) is 112 Å². The summed E-state index contributed by atoms with van der Waals surface area (Å²) in [5.41, 5.74) is 12.6. The number of carbonyl (C=O) groups is 3. The summed E-state index contributed by atoms with van der Waals surface area (Å²) in [7, 11) is 1.82. The van der Waals surface area contributed by atoms with Crippen LogP contribution in [0.1, 0.15) is 86.3 Å². The van der Waals surface area contributed by atoms with Gasteiger partial charge in [0, 0.05) is 67.8 Å². The number of hydrogen-bond donors (Lipinski definition) is 0. The van der Waals surface area contributed by atoms with Crippen molar-refractivity contribution in [1.82, 2.24) is 4.90 Å². The van der Waals surface area contributed by atoms with Crippen molar-refractivity contribution in [2.45, 2.75) is 70.1 Å². The fraction of sp³-hybridized carbons (Fsp3) is 0.364. The number of fused-ring (bicyclic) bond motifs is 8. The van der Waals surface area contributed by atoms with Gasteiger partial charge in [-0.15, -0.1) is 0 Å². The van der Waals surface area contributed by atoms with Crippen molar-refractivity contribution < 1.29 is 28.6 Å². The van der Waals surface area contributed by atoms with Crippen LogP contribution >= 0.6 is 0 Å². The predicted molar refractivity (Wildman–Crippen MR) is 255 cm³/mol. The summed E-state index contributed by atoms with van der Waals surface area (Å²) in [4.78, 5) is 43.6. The van der Waals surface area contributed by atoms with Crippen LogP contribution in [-0.4, -0.2) is 82.3 Å². The van der Waals surface area contributed by atoms with Crippen LogP contribution < -0.4 is 14.5 Å². The van der Waals surface area contributed by atoms with Crippen molar-refractivity contribution in [2.75, 3.05) is 69.4 Å². The second-order valence-electron chi connectivity index (χ2n) is 18.3. The van der Waals surface area contributed by atoms with E-state index in [0.29, 0.717) is 26.2 Å². The highest BCUT2D eigenvalue weighted by Gasteiger charge is 2.43. The van der Waals surface area contributed by atoms with Crippen LogP contribution in [0.15, 0.2) is 109 Å². The van der Waals surface area contributed by atoms with Crippen molar-refractivity contribution in [2.24, 2.45) is 0 Å². The second kappa shape index (κ2) is 17.7. The number of rotatable bonds is 12. The summed E-state index contributed by atoms with van der Waals surface area (Å²) in [5.74, 6) is -0.149. The number of allylic oxidation sites excluding steroid dienone is 1. The molecule has 1 atom stereocenters. The number of anilines is 2. The van der Waals surface area contributed by atoms with Crippen LogP contribution in [0, 0.1) is 0 Å². The molecule has 9 heteroatoms. The molecule has 9 rings (SSSR count). The monoisotopic (exact) mass is 857 g/mol. The van der Waals surface area contributed by atoms with Crippen LogP contribution in [0.25, 0.3) is 28.0 Å². The lowest BCUT2D eigenvalue weighted by molar-refractivity contribution is -0.151. The fourth-order valence-corrected chi connectivity index (χ4v) is 10.7. The summed E-state index contributed by atoms with van der Waals surface area (Å²) in [6, 6.07) is 33.8. The first-order chi connectivity index (χ1) is 31.0. The Morgan fingerprint density at radius 2 is 1.42 bits per heavy atom. The lowest BCUT2D eigenvalue weighted by Gasteiger charge is -2.39. The molecule has 0 spiro atoms. The molecule has 0 aromatic heterocycles. The first-order valence-electron chi connectivity index (χ1n) is 22.9. The molecular formula is C55H59N3O6. The van der Waals surface area contributed by atoms with E-state index in [1.54, 1.807) is 6.92 Å². The smallest absolute Gasteiger partial charge is 0.333 e. The fourth-order valence-electron chi connectivity index (χ4n) is 10.7. The number of benzene rings is 5. The molecule has 0 N–H and O–H groups in total. The molecule has 9 nitrogen and oxygen atoms in total. The molecule has 1 unspecified atom stereocenters. The molecular weight excluding hydrogens is 799 g/mol. The Kier molecular flexibility index (Phi) is 11.9. The van der Waals surface area contributed by atoms with Crippen LogP contribution in [-0.2, 0) is 41.1 Å². The predicted octanol–water partition coefficient (Wildman–Crippen LogP) is 9.79. The first kappa shape index (κ1) is 42.9. The molecule has 0 saturated carbocycles. The maximum absolute atomic E-state index is 13.1. The third-order valence-corrected chi connectivity index (χ3v) is 14.1. The van der Waals surface area contributed by atoms with Gasteiger partial charge in [0.1, 0.15) is 19.0 Å².